The van der Waals surface area contributed by atoms with E-state index in [0.29, 0.717) is 23.6 Å². The van der Waals surface area contributed by atoms with Gasteiger partial charge in [-0.3, -0.25) is 9.59 Å². The molecule has 0 aliphatic carbocycles. The number of rotatable bonds is 10. The number of nitrogens with zero attached hydrogens (tertiary/aromatic N) is 1. The van der Waals surface area contributed by atoms with Crippen LogP contribution in [0.5, 0.6) is 0 Å². The second-order valence-electron chi connectivity index (χ2n) is 7.36. The number of carbonyl (C=O) groups is 2. The summed E-state index contributed by atoms with van der Waals surface area (Å²) in [5.41, 5.74) is 1.48. The van der Waals surface area contributed by atoms with Crippen molar-refractivity contribution in [3.63, 3.8) is 0 Å². The average Bonchev–Trinajstić information content (AvgIpc) is 2.70. The zero-order valence-electron chi connectivity index (χ0n) is 17.5. The van der Waals surface area contributed by atoms with E-state index in [-0.39, 0.29) is 35.2 Å². The number of hydrogen-bond acceptors (Lipinski definition) is 3. The Labute approximate surface area is 187 Å². The summed E-state index contributed by atoms with van der Waals surface area (Å²) in [6.45, 7) is 5.93. The van der Waals surface area contributed by atoms with E-state index in [1.54, 1.807) is 24.0 Å². The summed E-state index contributed by atoms with van der Waals surface area (Å²) in [5.74, 6) is -0.300. The molecule has 1 atom stereocenters. The third kappa shape index (κ3) is 7.33. The SMILES string of the molecule is CC(C)NC(=O)C(C)N(CCc1ccccc1)C(=O)CSCc1c(F)cccc1Cl. The van der Waals surface area contributed by atoms with Crippen LogP contribution >= 0.6 is 23.4 Å². The first-order valence-corrected chi connectivity index (χ1v) is 11.5. The van der Waals surface area contributed by atoms with Gasteiger partial charge in [-0.25, -0.2) is 4.39 Å². The molecule has 0 saturated heterocycles. The molecule has 0 heterocycles. The van der Waals surface area contributed by atoms with Crippen LogP contribution < -0.4 is 5.32 Å². The Morgan fingerprint density at radius 3 is 2.43 bits per heavy atom. The zero-order chi connectivity index (χ0) is 22.1. The van der Waals surface area contributed by atoms with Crippen LogP contribution in [0, 0.1) is 5.82 Å². The van der Waals surface area contributed by atoms with Gasteiger partial charge in [0.15, 0.2) is 0 Å². The topological polar surface area (TPSA) is 49.4 Å². The molecule has 7 heteroatoms. The molecule has 0 saturated carbocycles. The first kappa shape index (κ1) is 24.2. The Kier molecular flexibility index (Phi) is 9.66. The first-order chi connectivity index (χ1) is 14.3. The Morgan fingerprint density at radius 1 is 1.10 bits per heavy atom. The Bertz CT molecular complexity index is 828. The summed E-state index contributed by atoms with van der Waals surface area (Å²) >= 11 is 7.35. The van der Waals surface area contributed by atoms with Gasteiger partial charge in [0, 0.05) is 28.9 Å². The van der Waals surface area contributed by atoms with E-state index < -0.39 is 6.04 Å². The van der Waals surface area contributed by atoms with Gasteiger partial charge in [0.05, 0.1) is 5.75 Å². The molecule has 0 aliphatic heterocycles. The monoisotopic (exact) mass is 450 g/mol. The quantitative estimate of drug-likeness (QED) is 0.571. The number of carbonyl (C=O) groups excluding carboxylic acids is 2. The third-order valence-corrected chi connectivity index (χ3v) is 5.91. The van der Waals surface area contributed by atoms with Crippen molar-refractivity contribution in [1.29, 1.82) is 0 Å². The summed E-state index contributed by atoms with van der Waals surface area (Å²) in [4.78, 5) is 27.1. The lowest BCUT2D eigenvalue weighted by Crippen LogP contribution is -2.50. The van der Waals surface area contributed by atoms with Crippen LogP contribution in [-0.4, -0.2) is 41.1 Å². The molecule has 0 aromatic heterocycles. The van der Waals surface area contributed by atoms with Gasteiger partial charge in [-0.05, 0) is 44.9 Å². The number of nitrogens with one attached hydrogen (secondary N) is 1. The highest BCUT2D eigenvalue weighted by atomic mass is 35.5. The molecule has 2 amide bonds. The summed E-state index contributed by atoms with van der Waals surface area (Å²) in [6.07, 6.45) is 0.648. The van der Waals surface area contributed by atoms with Gasteiger partial charge in [-0.2, -0.15) is 0 Å². The molecule has 0 aliphatic rings. The average molecular weight is 451 g/mol. The molecule has 162 valence electrons. The van der Waals surface area contributed by atoms with Crippen molar-refractivity contribution in [2.75, 3.05) is 12.3 Å². The van der Waals surface area contributed by atoms with E-state index >= 15 is 0 Å². The Morgan fingerprint density at radius 2 is 1.80 bits per heavy atom. The van der Waals surface area contributed by atoms with Crippen LogP contribution in [0.3, 0.4) is 0 Å². The van der Waals surface area contributed by atoms with Crippen molar-refractivity contribution in [3.8, 4) is 0 Å². The molecule has 1 unspecified atom stereocenters. The smallest absolute Gasteiger partial charge is 0.242 e. The second-order valence-corrected chi connectivity index (χ2v) is 8.75. The van der Waals surface area contributed by atoms with E-state index in [1.165, 1.54) is 17.8 Å². The predicted molar refractivity (Wildman–Crippen MR) is 122 cm³/mol. The molecule has 0 bridgehead atoms. The van der Waals surface area contributed by atoms with Crippen molar-refractivity contribution < 1.29 is 14.0 Å². The summed E-state index contributed by atoms with van der Waals surface area (Å²) < 4.78 is 14.0. The van der Waals surface area contributed by atoms with E-state index in [0.717, 1.165) is 5.56 Å². The van der Waals surface area contributed by atoms with Crippen molar-refractivity contribution in [2.24, 2.45) is 0 Å². The van der Waals surface area contributed by atoms with E-state index in [9.17, 15) is 14.0 Å². The second kappa shape index (κ2) is 12.0. The standard InChI is InChI=1S/C23H28ClFN2O2S/c1-16(2)26-23(29)17(3)27(13-12-18-8-5-4-6-9-18)22(28)15-30-14-19-20(24)10-7-11-21(19)25/h4-11,16-17H,12-15H2,1-3H3,(H,26,29). The van der Waals surface area contributed by atoms with Crippen molar-refractivity contribution in [2.45, 2.75) is 45.0 Å². The fourth-order valence-electron chi connectivity index (χ4n) is 2.97. The molecule has 2 aromatic carbocycles. The maximum Gasteiger partial charge on any atom is 0.242 e. The van der Waals surface area contributed by atoms with Gasteiger partial charge in [0.2, 0.25) is 11.8 Å². The highest BCUT2D eigenvalue weighted by Gasteiger charge is 2.26. The zero-order valence-corrected chi connectivity index (χ0v) is 19.1. The maximum absolute atomic E-state index is 14.0. The van der Waals surface area contributed by atoms with Crippen molar-refractivity contribution >= 4 is 35.2 Å². The minimum atomic E-state index is -0.596. The van der Waals surface area contributed by atoms with Gasteiger partial charge in [0.1, 0.15) is 11.9 Å². The number of halogens is 2. The van der Waals surface area contributed by atoms with Gasteiger partial charge < -0.3 is 10.2 Å². The number of thioether (sulfide) groups is 1. The lowest BCUT2D eigenvalue weighted by Gasteiger charge is -2.29. The number of benzene rings is 2. The summed E-state index contributed by atoms with van der Waals surface area (Å²) in [6, 6.07) is 13.8. The molecule has 0 fully saturated rings. The molecule has 2 aromatic rings. The van der Waals surface area contributed by atoms with Crippen LogP contribution in [0.4, 0.5) is 4.39 Å². The number of amides is 2. The summed E-state index contributed by atoms with van der Waals surface area (Å²) in [5, 5.41) is 3.21. The predicted octanol–water partition coefficient (Wildman–Crippen LogP) is 4.70. The van der Waals surface area contributed by atoms with Crippen LogP contribution in [0.25, 0.3) is 0 Å². The van der Waals surface area contributed by atoms with Crippen LogP contribution in [-0.2, 0) is 21.8 Å². The highest BCUT2D eigenvalue weighted by molar-refractivity contribution is 7.99. The molecule has 1 N–H and O–H groups in total. The minimum Gasteiger partial charge on any atom is -0.352 e. The Balaban J connectivity index is 2.03. The maximum atomic E-state index is 14.0. The van der Waals surface area contributed by atoms with Crippen LogP contribution in [0.15, 0.2) is 48.5 Å². The molecular formula is C23H28ClFN2O2S. The first-order valence-electron chi connectivity index (χ1n) is 9.94. The fourth-order valence-corrected chi connectivity index (χ4v) is 4.22. The largest absolute Gasteiger partial charge is 0.352 e. The molecule has 30 heavy (non-hydrogen) atoms. The molecule has 0 spiro atoms. The van der Waals surface area contributed by atoms with Gasteiger partial charge in [-0.1, -0.05) is 48.0 Å². The molecule has 2 rings (SSSR count). The highest BCUT2D eigenvalue weighted by Crippen LogP contribution is 2.24. The van der Waals surface area contributed by atoms with E-state index in [1.807, 2.05) is 44.2 Å². The van der Waals surface area contributed by atoms with Crippen LogP contribution in [0.2, 0.25) is 5.02 Å². The van der Waals surface area contributed by atoms with Crippen molar-refractivity contribution in [3.05, 3.63) is 70.5 Å². The molecule has 0 radical (unpaired) electrons. The third-order valence-electron chi connectivity index (χ3n) is 4.62. The lowest BCUT2D eigenvalue weighted by atomic mass is 10.1. The van der Waals surface area contributed by atoms with E-state index in [2.05, 4.69) is 5.32 Å². The normalized spacial score (nSPS) is 11.9. The summed E-state index contributed by atoms with van der Waals surface area (Å²) in [7, 11) is 0. The lowest BCUT2D eigenvalue weighted by molar-refractivity contribution is -0.138. The van der Waals surface area contributed by atoms with E-state index in [4.69, 9.17) is 11.6 Å². The Hall–Kier alpha value is -2.05. The van der Waals surface area contributed by atoms with Crippen molar-refractivity contribution in [1.82, 2.24) is 10.2 Å². The van der Waals surface area contributed by atoms with Gasteiger partial charge in [0.25, 0.3) is 0 Å². The van der Waals surface area contributed by atoms with Crippen LogP contribution in [0.1, 0.15) is 31.9 Å². The molecule has 4 nitrogen and oxygen atoms in total. The van der Waals surface area contributed by atoms with Gasteiger partial charge >= 0.3 is 0 Å². The van der Waals surface area contributed by atoms with Gasteiger partial charge in [-0.15, -0.1) is 11.8 Å². The number of hydrogen-bond donors (Lipinski definition) is 1. The fraction of sp³-hybridized carbons (Fsp3) is 0.391. The molecular weight excluding hydrogens is 423 g/mol. The minimum absolute atomic E-state index is 0.0106.